The van der Waals surface area contributed by atoms with Gasteiger partial charge < -0.3 is 29.7 Å². The number of hydrogen-bond acceptors (Lipinski definition) is 8. The number of rotatable bonds is 9. The summed E-state index contributed by atoms with van der Waals surface area (Å²) in [7, 11) is 6.34. The number of benzene rings is 1. The molecule has 2 N–H and O–H groups in total. The van der Waals surface area contributed by atoms with Gasteiger partial charge in [0.25, 0.3) is 0 Å². The lowest BCUT2D eigenvalue weighted by Gasteiger charge is -2.43. The normalized spacial score (nSPS) is 31.9. The van der Waals surface area contributed by atoms with Crippen LogP contribution in [0.4, 0.5) is 5.69 Å². The van der Waals surface area contributed by atoms with E-state index < -0.39 is 29.2 Å². The van der Waals surface area contributed by atoms with Crippen LogP contribution in [0.2, 0.25) is 5.02 Å². The summed E-state index contributed by atoms with van der Waals surface area (Å²) in [5.74, 6) is -1.53. The van der Waals surface area contributed by atoms with Crippen LogP contribution < -0.4 is 15.0 Å². The van der Waals surface area contributed by atoms with Crippen LogP contribution in [0.25, 0.3) is 0 Å². The second-order valence-corrected chi connectivity index (χ2v) is 17.9. The Balaban J connectivity index is 1.78. The minimum atomic E-state index is -1.63. The molecule has 1 aliphatic carbocycles. The number of amides is 3. The van der Waals surface area contributed by atoms with Crippen LogP contribution in [0.3, 0.4) is 0 Å². The molecular weight excluding hydrogens is 702 g/mol. The fourth-order valence-corrected chi connectivity index (χ4v) is 8.58. The van der Waals surface area contributed by atoms with Gasteiger partial charge in [0.15, 0.2) is 11.5 Å². The molecule has 1 saturated carbocycles. The van der Waals surface area contributed by atoms with E-state index in [-0.39, 0.29) is 76.7 Å². The first kappa shape index (κ1) is 41.9. The third kappa shape index (κ3) is 9.25. The number of anilines is 1. The number of halogens is 1. The Kier molecular flexibility index (Phi) is 13.1. The van der Waals surface area contributed by atoms with E-state index in [1.165, 1.54) is 24.0 Å². The molecule has 3 unspecified atom stereocenters. The van der Waals surface area contributed by atoms with Gasteiger partial charge in [0.1, 0.15) is 16.9 Å². The summed E-state index contributed by atoms with van der Waals surface area (Å²) in [6, 6.07) is 2.96. The second-order valence-electron chi connectivity index (χ2n) is 16.3. The number of ketones is 1. The molecular formula is C40H58ClN3O7S. The molecule has 10 nitrogen and oxygen atoms in total. The minimum Gasteiger partial charge on any atom is -0.495 e. The van der Waals surface area contributed by atoms with Crippen molar-refractivity contribution in [2.45, 2.75) is 109 Å². The van der Waals surface area contributed by atoms with Gasteiger partial charge in [0.05, 0.1) is 24.8 Å². The SMILES string of the molecule is COc1cc2cc(c1Cl)N(C)C(=O)[C@H](CC(=O)[C@H](C)N(C)C(=O)CCC(C)(C)S)C1(C)C[C@H]1[C@H](C)C1CC(=O)NC(O)(C1)[C@H](OC)/C=C\C=C(\C)C2. The van der Waals surface area contributed by atoms with E-state index in [1.54, 1.807) is 27.1 Å². The molecule has 0 radical (unpaired) electrons. The Morgan fingerprint density at radius 2 is 1.90 bits per heavy atom. The first-order chi connectivity index (χ1) is 24.1. The zero-order valence-electron chi connectivity index (χ0n) is 32.4. The second kappa shape index (κ2) is 16.2. The minimum absolute atomic E-state index is 0.0209. The number of carbonyl (C=O) groups excluding carboxylic acids is 4. The molecule has 3 amide bonds. The van der Waals surface area contributed by atoms with E-state index in [0.29, 0.717) is 30.7 Å². The van der Waals surface area contributed by atoms with Crippen LogP contribution >= 0.6 is 24.2 Å². The monoisotopic (exact) mass is 759 g/mol. The number of nitrogens with one attached hydrogen (secondary N) is 1. The van der Waals surface area contributed by atoms with Crippen LogP contribution in [0.1, 0.15) is 85.6 Å². The van der Waals surface area contributed by atoms with E-state index in [4.69, 9.17) is 21.1 Å². The third-order valence-electron chi connectivity index (χ3n) is 11.9. The molecule has 2 fully saturated rings. The number of fused-ring (bicyclic) bond motifs is 5. The summed E-state index contributed by atoms with van der Waals surface area (Å²) < 4.78 is 11.0. The number of thiol groups is 1. The number of methoxy groups -OCH3 is 2. The highest BCUT2D eigenvalue weighted by Crippen LogP contribution is 2.64. The van der Waals surface area contributed by atoms with Gasteiger partial charge in [0.2, 0.25) is 17.7 Å². The van der Waals surface area contributed by atoms with Crippen molar-refractivity contribution in [1.82, 2.24) is 10.2 Å². The smallest absolute Gasteiger partial charge is 0.230 e. The van der Waals surface area contributed by atoms with Crippen molar-refractivity contribution in [2.24, 2.45) is 29.1 Å². The third-order valence-corrected chi connectivity index (χ3v) is 12.5. The molecule has 1 saturated heterocycles. The van der Waals surface area contributed by atoms with Crippen LogP contribution in [-0.4, -0.2) is 84.4 Å². The molecule has 2 aliphatic heterocycles. The molecule has 1 aromatic carbocycles. The van der Waals surface area contributed by atoms with Crippen molar-refractivity contribution in [2.75, 3.05) is 33.2 Å². The average molecular weight is 760 g/mol. The van der Waals surface area contributed by atoms with Gasteiger partial charge in [-0.05, 0) is 74.0 Å². The van der Waals surface area contributed by atoms with Crippen LogP contribution in [0, 0.1) is 29.1 Å². The van der Waals surface area contributed by atoms with E-state index >= 15 is 0 Å². The van der Waals surface area contributed by atoms with Gasteiger partial charge in [-0.25, -0.2) is 0 Å². The molecule has 8 atom stereocenters. The van der Waals surface area contributed by atoms with Gasteiger partial charge in [-0.15, -0.1) is 0 Å². The lowest BCUT2D eigenvalue weighted by molar-refractivity contribution is -0.156. The number of nitrogens with zero attached hydrogens (tertiary/aromatic N) is 2. The van der Waals surface area contributed by atoms with Crippen molar-refractivity contribution in [3.05, 3.63) is 46.5 Å². The van der Waals surface area contributed by atoms with Crippen molar-refractivity contribution in [3.8, 4) is 5.75 Å². The standard InChI is InChI=1S/C40H58ClN3O7S/c1-23-12-11-13-33(51-10)40(49)21-27(19-34(46)42-40)24(2)29-22-39(29,6)28(20-31(45)25(3)43(7)35(47)14-15-38(4,5)52)37(48)44(8)30-17-26(16-23)18-32(50-9)36(30)41/h11-13,17-18,24-25,27-29,33,49,52H,14-16,19-22H2,1-10H3,(H,42,46)/b13-11-,23-12-/t24-,25+,27?,28+,29+,33-,39?,40?/m1/s1. The molecule has 3 aliphatic rings. The number of likely N-dealkylation sites (N-methyl/N-ethyl adjacent to an activating group) is 1. The summed E-state index contributed by atoms with van der Waals surface area (Å²) in [4.78, 5) is 58.2. The molecule has 2 heterocycles. The fourth-order valence-electron chi connectivity index (χ4n) is 8.16. The molecule has 4 bridgehead atoms. The van der Waals surface area contributed by atoms with Gasteiger partial charge in [0, 0.05) is 51.6 Å². The van der Waals surface area contributed by atoms with Crippen LogP contribution in [-0.2, 0) is 30.3 Å². The molecule has 0 spiro atoms. The summed E-state index contributed by atoms with van der Waals surface area (Å²) in [6.45, 7) is 11.7. The fraction of sp³-hybridized carbons (Fsp3) is 0.650. The highest BCUT2D eigenvalue weighted by molar-refractivity contribution is 7.81. The molecule has 4 rings (SSSR count). The number of Topliss-reactive ketones (excluding diaryl/α,β-unsaturated/α-hetero) is 1. The first-order valence-electron chi connectivity index (χ1n) is 18.2. The van der Waals surface area contributed by atoms with Gasteiger partial charge in [-0.1, -0.05) is 63.1 Å². The maximum atomic E-state index is 14.8. The Hall–Kier alpha value is -2.86. The van der Waals surface area contributed by atoms with E-state index in [1.807, 2.05) is 52.0 Å². The highest BCUT2D eigenvalue weighted by atomic mass is 35.5. The lowest BCUT2D eigenvalue weighted by atomic mass is 9.73. The number of allylic oxidation sites excluding steroid dienone is 3. The number of aliphatic hydroxyl groups is 1. The average Bonchev–Trinajstić information content (AvgIpc) is 3.77. The largest absolute Gasteiger partial charge is 0.495 e. The summed E-state index contributed by atoms with van der Waals surface area (Å²) in [6.07, 6.45) is 7.06. The molecule has 288 valence electrons. The van der Waals surface area contributed by atoms with Crippen LogP contribution in [0.15, 0.2) is 35.9 Å². The maximum absolute atomic E-state index is 14.8. The zero-order valence-corrected chi connectivity index (χ0v) is 34.1. The Morgan fingerprint density at radius 1 is 1.23 bits per heavy atom. The van der Waals surface area contributed by atoms with E-state index in [9.17, 15) is 24.3 Å². The highest BCUT2D eigenvalue weighted by Gasteiger charge is 2.62. The Morgan fingerprint density at radius 3 is 2.52 bits per heavy atom. The number of ether oxygens (including phenoxy) is 2. The van der Waals surface area contributed by atoms with Crippen molar-refractivity contribution in [1.29, 1.82) is 0 Å². The van der Waals surface area contributed by atoms with E-state index in [2.05, 4.69) is 24.9 Å². The quantitative estimate of drug-likeness (QED) is 0.257. The molecule has 12 heteroatoms. The lowest BCUT2D eigenvalue weighted by Crippen LogP contribution is -2.61. The summed E-state index contributed by atoms with van der Waals surface area (Å²) >= 11 is 11.4. The van der Waals surface area contributed by atoms with Crippen molar-refractivity contribution in [3.63, 3.8) is 0 Å². The number of carbonyl (C=O) groups is 4. The Labute approximate surface area is 320 Å². The Bertz CT molecular complexity index is 1610. The summed E-state index contributed by atoms with van der Waals surface area (Å²) in [5.41, 5.74) is 0.0735. The number of hydrogen-bond donors (Lipinski definition) is 3. The predicted octanol–water partition coefficient (Wildman–Crippen LogP) is 6.17. The number of piperidine rings is 1. The van der Waals surface area contributed by atoms with Crippen molar-refractivity contribution < 1.29 is 33.8 Å². The summed E-state index contributed by atoms with van der Waals surface area (Å²) in [5, 5.41) is 14.9. The van der Waals surface area contributed by atoms with Gasteiger partial charge in [-0.2, -0.15) is 12.6 Å². The molecule has 0 aromatic heterocycles. The maximum Gasteiger partial charge on any atom is 0.230 e. The molecule has 1 aromatic rings. The predicted molar refractivity (Wildman–Crippen MR) is 208 cm³/mol. The van der Waals surface area contributed by atoms with E-state index in [0.717, 1.165) is 11.1 Å². The zero-order chi connectivity index (χ0) is 38.9. The first-order valence-corrected chi connectivity index (χ1v) is 19.0. The van der Waals surface area contributed by atoms with Crippen molar-refractivity contribution >= 4 is 53.4 Å². The van der Waals surface area contributed by atoms with Gasteiger partial charge in [-0.3, -0.25) is 19.2 Å². The van der Waals surface area contributed by atoms with Gasteiger partial charge >= 0.3 is 0 Å². The molecule has 52 heavy (non-hydrogen) atoms. The van der Waals surface area contributed by atoms with Crippen LogP contribution in [0.5, 0.6) is 5.75 Å². The topological polar surface area (TPSA) is 125 Å².